The summed E-state index contributed by atoms with van der Waals surface area (Å²) in [7, 11) is 0. The monoisotopic (exact) mass is 211 g/mol. The minimum absolute atomic E-state index is 0.0967. The Morgan fingerprint density at radius 2 is 2.36 bits per heavy atom. The number of hydrogen-bond donors (Lipinski definition) is 3. The first-order valence-corrected chi connectivity index (χ1v) is 4.59. The molecule has 2 aromatic rings. The standard InChI is InChI=1S/C9H10ClN3O/c10-5-1-9-8(12-3-5)2-7(13-9)6(11)4-14/h1-3,6,13-14H,4,11H2. The quantitative estimate of drug-likeness (QED) is 0.699. The van der Waals surface area contributed by atoms with Crippen molar-refractivity contribution in [1.29, 1.82) is 0 Å². The topological polar surface area (TPSA) is 74.9 Å². The fraction of sp³-hybridized carbons (Fsp3) is 0.222. The van der Waals surface area contributed by atoms with Crippen molar-refractivity contribution in [3.05, 3.63) is 29.0 Å². The minimum atomic E-state index is -0.400. The summed E-state index contributed by atoms with van der Waals surface area (Å²) in [5.74, 6) is 0. The zero-order chi connectivity index (χ0) is 10.1. The zero-order valence-electron chi connectivity index (χ0n) is 7.37. The maximum Gasteiger partial charge on any atom is 0.0883 e. The van der Waals surface area contributed by atoms with Crippen molar-refractivity contribution in [3.63, 3.8) is 0 Å². The van der Waals surface area contributed by atoms with Gasteiger partial charge in [-0.2, -0.15) is 0 Å². The van der Waals surface area contributed by atoms with Crippen LogP contribution >= 0.6 is 11.6 Å². The van der Waals surface area contributed by atoms with Gasteiger partial charge in [-0.1, -0.05) is 11.6 Å². The molecular formula is C9H10ClN3O. The number of fused-ring (bicyclic) bond motifs is 1. The predicted octanol–water partition coefficient (Wildman–Crippen LogP) is 1.21. The van der Waals surface area contributed by atoms with Crippen molar-refractivity contribution in [3.8, 4) is 0 Å². The normalized spacial score (nSPS) is 13.4. The van der Waals surface area contributed by atoms with E-state index in [-0.39, 0.29) is 6.61 Å². The van der Waals surface area contributed by atoms with Crippen LogP contribution in [0.25, 0.3) is 11.0 Å². The van der Waals surface area contributed by atoms with Gasteiger partial charge in [0, 0.05) is 11.9 Å². The Morgan fingerprint density at radius 3 is 3.07 bits per heavy atom. The lowest BCUT2D eigenvalue weighted by atomic mass is 10.2. The number of nitrogens with two attached hydrogens (primary N) is 1. The number of aliphatic hydroxyl groups is 1. The van der Waals surface area contributed by atoms with Gasteiger partial charge in [-0.25, -0.2) is 0 Å². The van der Waals surface area contributed by atoms with Crippen molar-refractivity contribution >= 4 is 22.6 Å². The Hall–Kier alpha value is -1.10. The van der Waals surface area contributed by atoms with E-state index < -0.39 is 6.04 Å². The molecule has 0 saturated heterocycles. The average molecular weight is 212 g/mol. The molecule has 14 heavy (non-hydrogen) atoms. The van der Waals surface area contributed by atoms with Crippen LogP contribution in [-0.2, 0) is 0 Å². The fourth-order valence-electron chi connectivity index (χ4n) is 1.30. The highest BCUT2D eigenvalue weighted by molar-refractivity contribution is 6.31. The van der Waals surface area contributed by atoms with Gasteiger partial charge in [0.15, 0.2) is 0 Å². The van der Waals surface area contributed by atoms with E-state index in [1.807, 2.05) is 6.07 Å². The second-order valence-corrected chi connectivity index (χ2v) is 3.54. The van der Waals surface area contributed by atoms with E-state index in [2.05, 4.69) is 9.97 Å². The zero-order valence-corrected chi connectivity index (χ0v) is 8.12. The van der Waals surface area contributed by atoms with E-state index in [0.29, 0.717) is 5.02 Å². The number of nitrogens with zero attached hydrogens (tertiary/aromatic N) is 1. The van der Waals surface area contributed by atoms with E-state index in [1.165, 1.54) is 0 Å². The molecule has 1 unspecified atom stereocenters. The van der Waals surface area contributed by atoms with Crippen molar-refractivity contribution < 1.29 is 5.11 Å². The first-order valence-electron chi connectivity index (χ1n) is 4.21. The molecule has 0 amide bonds. The van der Waals surface area contributed by atoms with Crippen LogP contribution in [0.15, 0.2) is 18.3 Å². The van der Waals surface area contributed by atoms with Gasteiger partial charge in [0.25, 0.3) is 0 Å². The van der Waals surface area contributed by atoms with E-state index >= 15 is 0 Å². The van der Waals surface area contributed by atoms with Gasteiger partial charge in [-0.15, -0.1) is 0 Å². The number of H-pyrrole nitrogens is 1. The molecule has 2 rings (SSSR count). The Kier molecular flexibility index (Phi) is 2.41. The van der Waals surface area contributed by atoms with Crippen LogP contribution in [0.2, 0.25) is 5.02 Å². The largest absolute Gasteiger partial charge is 0.394 e. The van der Waals surface area contributed by atoms with Gasteiger partial charge in [-0.05, 0) is 12.1 Å². The van der Waals surface area contributed by atoms with E-state index in [9.17, 15) is 0 Å². The molecule has 2 aromatic heterocycles. The first kappa shape index (κ1) is 9.45. The number of rotatable bonds is 2. The van der Waals surface area contributed by atoms with E-state index in [1.54, 1.807) is 12.3 Å². The summed E-state index contributed by atoms with van der Waals surface area (Å²) in [6, 6.07) is 3.19. The molecule has 0 spiro atoms. The Bertz CT molecular complexity index is 454. The summed E-state index contributed by atoms with van der Waals surface area (Å²) in [5.41, 5.74) is 8.04. The maximum absolute atomic E-state index is 8.88. The number of aromatic amines is 1. The molecule has 0 aliphatic rings. The van der Waals surface area contributed by atoms with Gasteiger partial charge in [0.05, 0.1) is 28.7 Å². The molecule has 0 aromatic carbocycles. The number of aliphatic hydroxyl groups excluding tert-OH is 1. The number of nitrogens with one attached hydrogen (secondary N) is 1. The molecule has 74 valence electrons. The van der Waals surface area contributed by atoms with E-state index in [4.69, 9.17) is 22.4 Å². The molecule has 0 saturated carbocycles. The van der Waals surface area contributed by atoms with Gasteiger partial charge in [-0.3, -0.25) is 4.98 Å². The van der Waals surface area contributed by atoms with Crippen molar-refractivity contribution in [2.45, 2.75) is 6.04 Å². The van der Waals surface area contributed by atoms with Crippen molar-refractivity contribution in [1.82, 2.24) is 9.97 Å². The smallest absolute Gasteiger partial charge is 0.0883 e. The average Bonchev–Trinajstić information content (AvgIpc) is 2.59. The summed E-state index contributed by atoms with van der Waals surface area (Å²) in [5, 5.41) is 9.45. The molecule has 5 heteroatoms. The lowest BCUT2D eigenvalue weighted by Gasteiger charge is -2.03. The highest BCUT2D eigenvalue weighted by Crippen LogP contribution is 2.19. The van der Waals surface area contributed by atoms with Crippen molar-refractivity contribution in [2.75, 3.05) is 6.61 Å². The number of halogens is 1. The van der Waals surface area contributed by atoms with Crippen molar-refractivity contribution in [2.24, 2.45) is 5.73 Å². The molecular weight excluding hydrogens is 202 g/mol. The number of hydrogen-bond acceptors (Lipinski definition) is 3. The molecule has 0 fully saturated rings. The molecule has 4 N–H and O–H groups in total. The lowest BCUT2D eigenvalue weighted by Crippen LogP contribution is -2.14. The molecule has 0 aliphatic carbocycles. The summed E-state index contributed by atoms with van der Waals surface area (Å²) in [6.07, 6.45) is 1.58. The van der Waals surface area contributed by atoms with Gasteiger partial charge < -0.3 is 15.8 Å². The number of pyridine rings is 1. The molecule has 4 nitrogen and oxygen atoms in total. The highest BCUT2D eigenvalue weighted by Gasteiger charge is 2.08. The Labute approximate surface area is 85.7 Å². The Morgan fingerprint density at radius 1 is 1.57 bits per heavy atom. The van der Waals surface area contributed by atoms with Gasteiger partial charge in [0.2, 0.25) is 0 Å². The molecule has 0 radical (unpaired) electrons. The first-order chi connectivity index (χ1) is 6.70. The Balaban J connectivity index is 2.51. The fourth-order valence-corrected chi connectivity index (χ4v) is 1.46. The minimum Gasteiger partial charge on any atom is -0.394 e. The van der Waals surface area contributed by atoms with Gasteiger partial charge >= 0.3 is 0 Å². The summed E-state index contributed by atoms with van der Waals surface area (Å²) in [6.45, 7) is -0.0967. The third-order valence-electron chi connectivity index (χ3n) is 2.05. The molecule has 1 atom stereocenters. The second kappa shape index (κ2) is 3.57. The van der Waals surface area contributed by atoms with Crippen LogP contribution in [0.3, 0.4) is 0 Å². The maximum atomic E-state index is 8.88. The molecule has 2 heterocycles. The third kappa shape index (κ3) is 1.59. The van der Waals surface area contributed by atoms with Crippen LogP contribution in [-0.4, -0.2) is 21.7 Å². The SMILES string of the molecule is NC(CO)c1cc2ncc(Cl)cc2[nH]1. The molecule has 0 bridgehead atoms. The summed E-state index contributed by atoms with van der Waals surface area (Å²) < 4.78 is 0. The summed E-state index contributed by atoms with van der Waals surface area (Å²) in [4.78, 5) is 7.17. The van der Waals surface area contributed by atoms with Crippen LogP contribution in [0.4, 0.5) is 0 Å². The molecule has 0 aliphatic heterocycles. The van der Waals surface area contributed by atoms with E-state index in [0.717, 1.165) is 16.7 Å². The van der Waals surface area contributed by atoms with Crippen LogP contribution < -0.4 is 5.73 Å². The van der Waals surface area contributed by atoms with Crippen LogP contribution in [0, 0.1) is 0 Å². The highest BCUT2D eigenvalue weighted by atomic mass is 35.5. The number of aromatic nitrogens is 2. The van der Waals surface area contributed by atoms with Gasteiger partial charge in [0.1, 0.15) is 0 Å². The predicted molar refractivity (Wildman–Crippen MR) is 55.1 cm³/mol. The lowest BCUT2D eigenvalue weighted by molar-refractivity contribution is 0.266. The van der Waals surface area contributed by atoms with Crippen LogP contribution in [0.5, 0.6) is 0 Å². The second-order valence-electron chi connectivity index (χ2n) is 3.10. The third-order valence-corrected chi connectivity index (χ3v) is 2.26. The van der Waals surface area contributed by atoms with Crippen LogP contribution in [0.1, 0.15) is 11.7 Å². The summed E-state index contributed by atoms with van der Waals surface area (Å²) >= 11 is 5.78.